The molecule has 2 aromatic rings. The molecule has 2 rings (SSSR count). The smallest absolute Gasteiger partial charge is 0.138 e. The van der Waals surface area contributed by atoms with Gasteiger partial charge in [0.05, 0.1) is 6.54 Å². The maximum absolute atomic E-state index is 5.94. The Morgan fingerprint density at radius 1 is 1.50 bits per heavy atom. The van der Waals surface area contributed by atoms with Gasteiger partial charge in [0.2, 0.25) is 0 Å². The van der Waals surface area contributed by atoms with E-state index < -0.39 is 0 Å². The molecule has 0 unspecified atom stereocenters. The first-order valence-electron chi connectivity index (χ1n) is 4.78. The third-order valence-corrected chi connectivity index (χ3v) is 3.25. The lowest BCUT2D eigenvalue weighted by atomic mass is 10.4. The minimum Gasteiger partial charge on any atom is -0.337 e. The number of halogens is 1. The molecule has 5 nitrogen and oxygen atoms in total. The molecule has 16 heavy (non-hydrogen) atoms. The van der Waals surface area contributed by atoms with E-state index in [1.165, 1.54) is 11.5 Å². The number of hydrogen-bond donors (Lipinski definition) is 0. The lowest BCUT2D eigenvalue weighted by molar-refractivity contribution is 0.303. The minimum absolute atomic E-state index is 0.659. The summed E-state index contributed by atoms with van der Waals surface area (Å²) in [6.07, 6.45) is 3.72. The van der Waals surface area contributed by atoms with Crippen LogP contribution in [-0.2, 0) is 20.1 Å². The van der Waals surface area contributed by atoms with E-state index >= 15 is 0 Å². The molecule has 0 aliphatic rings. The largest absolute Gasteiger partial charge is 0.337 e. The summed E-state index contributed by atoms with van der Waals surface area (Å²) in [5.41, 5.74) is 0.823. The number of imidazole rings is 1. The van der Waals surface area contributed by atoms with Crippen LogP contribution in [0.4, 0.5) is 0 Å². The molecule has 0 aromatic carbocycles. The Morgan fingerprint density at radius 2 is 2.31 bits per heavy atom. The normalized spacial score (nSPS) is 11.2. The van der Waals surface area contributed by atoms with Gasteiger partial charge < -0.3 is 4.57 Å². The Hall–Kier alpha value is -0.980. The molecule has 0 saturated carbocycles. The van der Waals surface area contributed by atoms with E-state index in [2.05, 4.69) is 19.5 Å². The number of nitrogens with zero attached hydrogens (tertiary/aromatic N) is 5. The second-order valence-electron chi connectivity index (χ2n) is 3.62. The van der Waals surface area contributed by atoms with Gasteiger partial charge in [0.25, 0.3) is 0 Å². The summed E-state index contributed by atoms with van der Waals surface area (Å²) in [5.74, 6) is 1.02. The van der Waals surface area contributed by atoms with Crippen molar-refractivity contribution in [3.05, 3.63) is 28.2 Å². The van der Waals surface area contributed by atoms with Gasteiger partial charge in [-0.1, -0.05) is 16.1 Å². The molecule has 0 bridgehead atoms. The van der Waals surface area contributed by atoms with Gasteiger partial charge in [-0.05, 0) is 7.05 Å². The van der Waals surface area contributed by atoms with E-state index in [1.807, 2.05) is 24.9 Å². The van der Waals surface area contributed by atoms with Crippen molar-refractivity contribution < 1.29 is 0 Å². The standard InChI is InChI=1S/C9H12ClN5S/c1-14(5-7-9(10)16-13-12-7)6-8-11-3-4-15(8)2/h3-4H,5-6H2,1-2H3. The summed E-state index contributed by atoms with van der Waals surface area (Å²) in [7, 11) is 3.98. The van der Waals surface area contributed by atoms with Crippen LogP contribution in [0.5, 0.6) is 0 Å². The number of hydrogen-bond acceptors (Lipinski definition) is 5. The molecule has 0 amide bonds. The molecule has 86 valence electrons. The maximum atomic E-state index is 5.94. The van der Waals surface area contributed by atoms with Crippen LogP contribution in [0.2, 0.25) is 4.34 Å². The van der Waals surface area contributed by atoms with Gasteiger partial charge >= 0.3 is 0 Å². The van der Waals surface area contributed by atoms with Crippen LogP contribution in [0.15, 0.2) is 12.4 Å². The molecule has 0 aliphatic carbocycles. The molecule has 2 aromatic heterocycles. The van der Waals surface area contributed by atoms with E-state index in [0.717, 1.165) is 18.1 Å². The molecular weight excluding hydrogens is 246 g/mol. The molecule has 2 heterocycles. The zero-order chi connectivity index (χ0) is 11.5. The highest BCUT2D eigenvalue weighted by atomic mass is 35.5. The first kappa shape index (κ1) is 11.5. The van der Waals surface area contributed by atoms with Gasteiger partial charge in [-0.15, -0.1) is 5.10 Å². The first-order chi connectivity index (χ1) is 7.66. The second kappa shape index (κ2) is 4.90. The second-order valence-corrected chi connectivity index (χ2v) is 4.98. The zero-order valence-electron chi connectivity index (χ0n) is 9.09. The summed E-state index contributed by atoms with van der Waals surface area (Å²) < 4.78 is 6.46. The molecule has 0 atom stereocenters. The van der Waals surface area contributed by atoms with Gasteiger partial charge in [-0.2, -0.15) is 0 Å². The molecule has 0 radical (unpaired) electrons. The first-order valence-corrected chi connectivity index (χ1v) is 5.93. The number of rotatable bonds is 4. The summed E-state index contributed by atoms with van der Waals surface area (Å²) in [5, 5.41) is 3.98. The highest BCUT2D eigenvalue weighted by Crippen LogP contribution is 2.18. The number of aromatic nitrogens is 4. The van der Waals surface area contributed by atoms with Crippen LogP contribution < -0.4 is 0 Å². The molecule has 0 fully saturated rings. The average Bonchev–Trinajstić information content (AvgIpc) is 2.79. The SMILES string of the molecule is CN(Cc1nnsc1Cl)Cc1nccn1C. The van der Waals surface area contributed by atoms with Gasteiger partial charge in [0.15, 0.2) is 0 Å². The van der Waals surface area contributed by atoms with Crippen molar-refractivity contribution in [1.29, 1.82) is 0 Å². The lowest BCUT2D eigenvalue weighted by Crippen LogP contribution is -2.19. The summed E-state index contributed by atoms with van der Waals surface area (Å²) >= 11 is 7.16. The van der Waals surface area contributed by atoms with Crippen molar-refractivity contribution >= 4 is 23.1 Å². The summed E-state index contributed by atoms with van der Waals surface area (Å²) in [6.45, 7) is 1.44. The van der Waals surface area contributed by atoms with Crippen LogP contribution in [-0.4, -0.2) is 31.1 Å². The predicted octanol–water partition coefficient (Wildman–Crippen LogP) is 1.56. The van der Waals surface area contributed by atoms with Crippen molar-refractivity contribution in [2.45, 2.75) is 13.1 Å². The number of aryl methyl sites for hydroxylation is 1. The van der Waals surface area contributed by atoms with Crippen molar-refractivity contribution in [2.75, 3.05) is 7.05 Å². The van der Waals surface area contributed by atoms with Gasteiger partial charge in [0, 0.05) is 37.5 Å². The Morgan fingerprint density at radius 3 is 2.88 bits per heavy atom. The summed E-state index contributed by atoms with van der Waals surface area (Å²) in [6, 6.07) is 0. The highest BCUT2D eigenvalue weighted by molar-refractivity contribution is 7.10. The molecule has 0 spiro atoms. The van der Waals surface area contributed by atoms with Gasteiger partial charge in [0.1, 0.15) is 15.9 Å². The van der Waals surface area contributed by atoms with Crippen molar-refractivity contribution in [3.63, 3.8) is 0 Å². The van der Waals surface area contributed by atoms with Crippen LogP contribution in [0.25, 0.3) is 0 Å². The highest BCUT2D eigenvalue weighted by Gasteiger charge is 2.10. The predicted molar refractivity (Wildman–Crippen MR) is 63.3 cm³/mol. The maximum Gasteiger partial charge on any atom is 0.138 e. The fraction of sp³-hybridized carbons (Fsp3) is 0.444. The average molecular weight is 258 g/mol. The summed E-state index contributed by atoms with van der Waals surface area (Å²) in [4.78, 5) is 6.36. The topological polar surface area (TPSA) is 46.8 Å². The van der Waals surface area contributed by atoms with Crippen LogP contribution in [0, 0.1) is 0 Å². The molecular formula is C9H12ClN5S. The van der Waals surface area contributed by atoms with Crippen molar-refractivity contribution in [2.24, 2.45) is 7.05 Å². The fourth-order valence-corrected chi connectivity index (χ4v) is 2.01. The van der Waals surface area contributed by atoms with E-state index in [9.17, 15) is 0 Å². The monoisotopic (exact) mass is 257 g/mol. The lowest BCUT2D eigenvalue weighted by Gasteiger charge is -2.14. The van der Waals surface area contributed by atoms with E-state index in [-0.39, 0.29) is 0 Å². The van der Waals surface area contributed by atoms with Gasteiger partial charge in [-0.3, -0.25) is 4.90 Å². The Balaban J connectivity index is 1.97. The Bertz CT molecular complexity index is 424. The van der Waals surface area contributed by atoms with Crippen molar-refractivity contribution in [3.8, 4) is 0 Å². The quantitative estimate of drug-likeness (QED) is 0.834. The van der Waals surface area contributed by atoms with E-state index in [4.69, 9.17) is 11.6 Å². The Kier molecular flexibility index (Phi) is 3.52. The van der Waals surface area contributed by atoms with E-state index in [1.54, 1.807) is 6.20 Å². The molecule has 0 aliphatic heterocycles. The molecule has 7 heteroatoms. The van der Waals surface area contributed by atoms with Crippen LogP contribution >= 0.6 is 23.1 Å². The molecule has 0 saturated heterocycles. The zero-order valence-corrected chi connectivity index (χ0v) is 10.7. The van der Waals surface area contributed by atoms with Gasteiger partial charge in [-0.25, -0.2) is 4.98 Å². The van der Waals surface area contributed by atoms with Crippen molar-refractivity contribution in [1.82, 2.24) is 24.0 Å². The Labute approximate surface area is 103 Å². The molecule has 0 N–H and O–H groups in total. The van der Waals surface area contributed by atoms with E-state index in [0.29, 0.717) is 10.9 Å². The third kappa shape index (κ3) is 2.58. The third-order valence-electron chi connectivity index (χ3n) is 2.26. The minimum atomic E-state index is 0.659. The van der Waals surface area contributed by atoms with Crippen LogP contribution in [0.1, 0.15) is 11.5 Å². The van der Waals surface area contributed by atoms with Crippen LogP contribution in [0.3, 0.4) is 0 Å². The fourth-order valence-electron chi connectivity index (χ4n) is 1.39.